The predicted molar refractivity (Wildman–Crippen MR) is 55.3 cm³/mol. The van der Waals surface area contributed by atoms with Crippen molar-refractivity contribution in [2.24, 2.45) is 0 Å². The van der Waals surface area contributed by atoms with E-state index in [0.29, 0.717) is 13.0 Å². The SMILES string of the molecule is CCCCCN(CCCO)CC(=O)O. The van der Waals surface area contributed by atoms with Crippen LogP contribution in [0, 0.1) is 0 Å². The number of rotatable bonds is 9. The topological polar surface area (TPSA) is 60.8 Å². The van der Waals surface area contributed by atoms with E-state index in [1.54, 1.807) is 0 Å². The zero-order chi connectivity index (χ0) is 10.8. The molecule has 0 spiro atoms. The second kappa shape index (κ2) is 8.97. The number of aliphatic carboxylic acids is 1. The lowest BCUT2D eigenvalue weighted by atomic mass is 10.2. The minimum absolute atomic E-state index is 0.0870. The third kappa shape index (κ3) is 8.01. The summed E-state index contributed by atoms with van der Waals surface area (Å²) in [6.07, 6.45) is 3.96. The standard InChI is InChI=1S/C10H21NO3/c1-2-3-4-6-11(7-5-8-12)9-10(13)14/h12H,2-9H2,1H3,(H,13,14). The highest BCUT2D eigenvalue weighted by Crippen LogP contribution is 1.99. The van der Waals surface area contributed by atoms with Crippen molar-refractivity contribution in [1.82, 2.24) is 4.90 Å². The Hall–Kier alpha value is -0.610. The van der Waals surface area contributed by atoms with Crippen LogP contribution in [0.5, 0.6) is 0 Å². The molecular formula is C10H21NO3. The van der Waals surface area contributed by atoms with Gasteiger partial charge in [0.05, 0.1) is 6.54 Å². The van der Waals surface area contributed by atoms with Gasteiger partial charge in [-0.25, -0.2) is 0 Å². The van der Waals surface area contributed by atoms with Gasteiger partial charge in [-0.15, -0.1) is 0 Å². The Bertz CT molecular complexity index is 150. The summed E-state index contributed by atoms with van der Waals surface area (Å²) in [4.78, 5) is 12.4. The van der Waals surface area contributed by atoms with Gasteiger partial charge in [0.25, 0.3) is 0 Å². The van der Waals surface area contributed by atoms with Gasteiger partial charge in [0, 0.05) is 13.2 Å². The normalized spacial score (nSPS) is 10.8. The number of carboxylic acids is 1. The monoisotopic (exact) mass is 203 g/mol. The lowest BCUT2D eigenvalue weighted by Crippen LogP contribution is -2.32. The van der Waals surface area contributed by atoms with E-state index in [1.807, 2.05) is 4.90 Å². The molecule has 0 unspecified atom stereocenters. The Morgan fingerprint density at radius 3 is 2.36 bits per heavy atom. The van der Waals surface area contributed by atoms with Gasteiger partial charge in [-0.05, 0) is 19.4 Å². The first kappa shape index (κ1) is 13.4. The molecule has 2 N–H and O–H groups in total. The van der Waals surface area contributed by atoms with Crippen LogP contribution in [0.3, 0.4) is 0 Å². The molecule has 0 atom stereocenters. The molecule has 84 valence electrons. The average Bonchev–Trinajstić information content (AvgIpc) is 2.13. The molecule has 0 aliphatic carbocycles. The van der Waals surface area contributed by atoms with E-state index in [-0.39, 0.29) is 13.2 Å². The van der Waals surface area contributed by atoms with Crippen LogP contribution >= 0.6 is 0 Å². The first-order valence-electron chi connectivity index (χ1n) is 5.25. The van der Waals surface area contributed by atoms with Crippen molar-refractivity contribution in [3.63, 3.8) is 0 Å². The summed E-state index contributed by atoms with van der Waals surface area (Å²) in [6.45, 7) is 3.83. The molecule has 0 amide bonds. The molecule has 14 heavy (non-hydrogen) atoms. The molecule has 0 saturated heterocycles. The quantitative estimate of drug-likeness (QED) is 0.548. The van der Waals surface area contributed by atoms with Crippen LogP contribution in [0.1, 0.15) is 32.6 Å². The first-order chi connectivity index (χ1) is 6.70. The van der Waals surface area contributed by atoms with E-state index >= 15 is 0 Å². The van der Waals surface area contributed by atoms with Gasteiger partial charge in [0.15, 0.2) is 0 Å². The fourth-order valence-corrected chi connectivity index (χ4v) is 1.34. The van der Waals surface area contributed by atoms with E-state index < -0.39 is 5.97 Å². The first-order valence-corrected chi connectivity index (χ1v) is 5.25. The molecule has 4 nitrogen and oxygen atoms in total. The van der Waals surface area contributed by atoms with Crippen LogP contribution in [0.4, 0.5) is 0 Å². The van der Waals surface area contributed by atoms with Gasteiger partial charge in [-0.2, -0.15) is 0 Å². The van der Waals surface area contributed by atoms with Crippen LogP contribution in [-0.2, 0) is 4.79 Å². The molecule has 0 aromatic heterocycles. The summed E-state index contributed by atoms with van der Waals surface area (Å²) in [5.74, 6) is -0.792. The van der Waals surface area contributed by atoms with E-state index in [0.717, 1.165) is 25.8 Å². The van der Waals surface area contributed by atoms with Gasteiger partial charge >= 0.3 is 5.97 Å². The van der Waals surface area contributed by atoms with Crippen LogP contribution < -0.4 is 0 Å². The molecule has 0 aliphatic rings. The van der Waals surface area contributed by atoms with Crippen molar-refractivity contribution in [2.75, 3.05) is 26.2 Å². The van der Waals surface area contributed by atoms with Crippen LogP contribution in [-0.4, -0.2) is 47.3 Å². The van der Waals surface area contributed by atoms with Crippen LogP contribution in [0.2, 0.25) is 0 Å². The maximum Gasteiger partial charge on any atom is 0.317 e. The van der Waals surface area contributed by atoms with E-state index in [2.05, 4.69) is 6.92 Å². The average molecular weight is 203 g/mol. The van der Waals surface area contributed by atoms with Gasteiger partial charge in [-0.1, -0.05) is 19.8 Å². The van der Waals surface area contributed by atoms with E-state index in [1.165, 1.54) is 0 Å². The Morgan fingerprint density at radius 1 is 1.21 bits per heavy atom. The largest absolute Gasteiger partial charge is 0.480 e. The lowest BCUT2D eigenvalue weighted by Gasteiger charge is -2.19. The fraction of sp³-hybridized carbons (Fsp3) is 0.900. The highest BCUT2D eigenvalue weighted by atomic mass is 16.4. The van der Waals surface area contributed by atoms with Gasteiger partial charge < -0.3 is 10.2 Å². The third-order valence-electron chi connectivity index (χ3n) is 2.07. The maximum absolute atomic E-state index is 10.5. The number of hydrogen-bond acceptors (Lipinski definition) is 3. The molecular weight excluding hydrogens is 182 g/mol. The molecule has 0 fully saturated rings. The summed E-state index contributed by atoms with van der Waals surface area (Å²) in [5.41, 5.74) is 0. The number of unbranched alkanes of at least 4 members (excludes halogenated alkanes) is 2. The van der Waals surface area contributed by atoms with Crippen molar-refractivity contribution in [3.8, 4) is 0 Å². The van der Waals surface area contributed by atoms with E-state index in [9.17, 15) is 4.79 Å². The van der Waals surface area contributed by atoms with Gasteiger partial charge in [-0.3, -0.25) is 9.69 Å². The Kier molecular flexibility index (Phi) is 8.57. The molecule has 0 aromatic rings. The zero-order valence-electron chi connectivity index (χ0n) is 8.91. The van der Waals surface area contributed by atoms with Crippen molar-refractivity contribution in [3.05, 3.63) is 0 Å². The molecule has 0 saturated carbocycles. The number of aliphatic hydroxyl groups is 1. The highest BCUT2D eigenvalue weighted by molar-refractivity contribution is 5.69. The molecule has 0 radical (unpaired) electrons. The number of carbonyl (C=O) groups is 1. The number of aliphatic hydroxyl groups excluding tert-OH is 1. The summed E-state index contributed by atoms with van der Waals surface area (Å²) >= 11 is 0. The Labute approximate surface area is 85.5 Å². The molecule has 4 heteroatoms. The number of carboxylic acid groups (broad SMARTS) is 1. The Balaban J connectivity index is 3.66. The Morgan fingerprint density at radius 2 is 1.86 bits per heavy atom. The lowest BCUT2D eigenvalue weighted by molar-refractivity contribution is -0.138. The van der Waals surface area contributed by atoms with Crippen LogP contribution in [0.25, 0.3) is 0 Å². The van der Waals surface area contributed by atoms with Crippen molar-refractivity contribution < 1.29 is 15.0 Å². The zero-order valence-corrected chi connectivity index (χ0v) is 8.91. The number of hydrogen-bond donors (Lipinski definition) is 2. The summed E-state index contributed by atoms with van der Waals surface area (Å²) in [5, 5.41) is 17.3. The third-order valence-corrected chi connectivity index (χ3v) is 2.07. The summed E-state index contributed by atoms with van der Waals surface area (Å²) < 4.78 is 0. The van der Waals surface area contributed by atoms with Crippen molar-refractivity contribution in [1.29, 1.82) is 0 Å². The molecule has 0 aliphatic heterocycles. The molecule has 0 aromatic carbocycles. The van der Waals surface area contributed by atoms with Crippen molar-refractivity contribution in [2.45, 2.75) is 32.6 Å². The van der Waals surface area contributed by atoms with Crippen molar-refractivity contribution >= 4 is 5.97 Å². The summed E-state index contributed by atoms with van der Waals surface area (Å²) in [7, 11) is 0. The molecule has 0 heterocycles. The molecule has 0 rings (SSSR count). The van der Waals surface area contributed by atoms with Gasteiger partial charge in [0.1, 0.15) is 0 Å². The fourth-order valence-electron chi connectivity index (χ4n) is 1.34. The second-order valence-corrected chi connectivity index (χ2v) is 3.45. The predicted octanol–water partition coefficient (Wildman–Crippen LogP) is 0.946. The highest BCUT2D eigenvalue weighted by Gasteiger charge is 2.07. The molecule has 0 bridgehead atoms. The summed E-state index contributed by atoms with van der Waals surface area (Å²) in [6, 6.07) is 0. The van der Waals surface area contributed by atoms with E-state index in [4.69, 9.17) is 10.2 Å². The smallest absolute Gasteiger partial charge is 0.317 e. The maximum atomic E-state index is 10.5. The second-order valence-electron chi connectivity index (χ2n) is 3.45. The van der Waals surface area contributed by atoms with Crippen LogP contribution in [0.15, 0.2) is 0 Å². The minimum atomic E-state index is -0.792. The number of nitrogens with zero attached hydrogens (tertiary/aromatic N) is 1. The minimum Gasteiger partial charge on any atom is -0.480 e. The van der Waals surface area contributed by atoms with Gasteiger partial charge in [0.2, 0.25) is 0 Å².